The van der Waals surface area contributed by atoms with E-state index < -0.39 is 9.84 Å². The van der Waals surface area contributed by atoms with E-state index >= 15 is 0 Å². The molecule has 6 nitrogen and oxygen atoms in total. The Kier molecular flexibility index (Phi) is 8.73. The van der Waals surface area contributed by atoms with E-state index in [4.69, 9.17) is 4.99 Å². The number of aliphatic imine (C=N–C) groups is 1. The summed E-state index contributed by atoms with van der Waals surface area (Å²) < 4.78 is 23.2. The maximum absolute atomic E-state index is 11.6. The van der Waals surface area contributed by atoms with Crippen LogP contribution in [0.5, 0.6) is 0 Å². The topological polar surface area (TPSA) is 73.8 Å². The number of likely N-dealkylation sites (tertiary alicyclic amines) is 1. The van der Waals surface area contributed by atoms with Crippen molar-refractivity contribution in [2.45, 2.75) is 57.9 Å². The molecule has 0 aromatic heterocycles. The molecule has 1 aromatic rings. The number of piperidine rings is 1. The third kappa shape index (κ3) is 7.58. The zero-order valence-electron chi connectivity index (χ0n) is 19.5. The van der Waals surface area contributed by atoms with Gasteiger partial charge in [-0.15, -0.1) is 0 Å². The first kappa shape index (κ1) is 24.7. The molecule has 1 saturated heterocycles. The molecule has 0 saturated carbocycles. The average molecular weight is 437 g/mol. The third-order valence-corrected chi connectivity index (χ3v) is 6.88. The first-order valence-corrected chi connectivity index (χ1v) is 13.0. The number of hydrogen-bond acceptors (Lipinski definition) is 4. The van der Waals surface area contributed by atoms with Crippen molar-refractivity contribution in [1.29, 1.82) is 0 Å². The first-order chi connectivity index (χ1) is 14.0. The van der Waals surface area contributed by atoms with Gasteiger partial charge in [-0.3, -0.25) is 9.89 Å². The van der Waals surface area contributed by atoms with E-state index in [9.17, 15) is 8.42 Å². The number of nitrogens with one attached hydrogen (secondary N) is 2. The Morgan fingerprint density at radius 1 is 1.13 bits per heavy atom. The summed E-state index contributed by atoms with van der Waals surface area (Å²) in [6.45, 7) is 15.9. The van der Waals surface area contributed by atoms with Crippen LogP contribution in [-0.4, -0.2) is 63.8 Å². The van der Waals surface area contributed by atoms with E-state index in [2.05, 4.69) is 50.2 Å². The van der Waals surface area contributed by atoms with E-state index in [1.807, 2.05) is 12.1 Å². The summed E-state index contributed by atoms with van der Waals surface area (Å²) in [5.74, 6) is 2.30. The number of nitrogens with zero attached hydrogens (tertiary/aromatic N) is 2. The van der Waals surface area contributed by atoms with Crippen molar-refractivity contribution in [2.24, 2.45) is 16.8 Å². The molecule has 2 rings (SSSR count). The Labute approximate surface area is 183 Å². The minimum atomic E-state index is -3.15. The van der Waals surface area contributed by atoms with Gasteiger partial charge in [-0.05, 0) is 63.1 Å². The number of benzene rings is 1. The van der Waals surface area contributed by atoms with E-state index in [-0.39, 0.29) is 5.54 Å². The zero-order valence-corrected chi connectivity index (χ0v) is 20.3. The Hall–Kier alpha value is -1.60. The summed E-state index contributed by atoms with van der Waals surface area (Å²) in [6.07, 6.45) is 3.35. The van der Waals surface area contributed by atoms with Crippen LogP contribution in [0.1, 0.15) is 46.6 Å². The van der Waals surface area contributed by atoms with Gasteiger partial charge in [-0.25, -0.2) is 8.42 Å². The maximum Gasteiger partial charge on any atom is 0.191 e. The molecule has 0 aliphatic carbocycles. The van der Waals surface area contributed by atoms with E-state index in [0.717, 1.165) is 62.5 Å². The van der Waals surface area contributed by atoms with E-state index in [1.54, 1.807) is 12.1 Å². The fourth-order valence-electron chi connectivity index (χ4n) is 4.10. The molecule has 7 heteroatoms. The average Bonchev–Trinajstić information content (AvgIpc) is 2.65. The van der Waals surface area contributed by atoms with Crippen molar-refractivity contribution in [1.82, 2.24) is 15.5 Å². The van der Waals surface area contributed by atoms with Crippen molar-refractivity contribution >= 4 is 15.8 Å². The number of guanidine groups is 1. The van der Waals surface area contributed by atoms with E-state index in [1.165, 1.54) is 12.7 Å². The molecular formula is C23H40N4O2S. The van der Waals surface area contributed by atoms with Gasteiger partial charge in [0, 0.05) is 38.0 Å². The van der Waals surface area contributed by atoms with Crippen LogP contribution in [0.15, 0.2) is 34.2 Å². The predicted octanol–water partition coefficient (Wildman–Crippen LogP) is 2.94. The number of sulfone groups is 1. The minimum Gasteiger partial charge on any atom is -0.357 e. The maximum atomic E-state index is 11.6. The zero-order chi connectivity index (χ0) is 22.4. The predicted molar refractivity (Wildman–Crippen MR) is 126 cm³/mol. The monoisotopic (exact) mass is 436 g/mol. The molecule has 30 heavy (non-hydrogen) atoms. The summed E-state index contributed by atoms with van der Waals surface area (Å²) in [7, 11) is -3.15. The molecule has 1 aliphatic rings. The SMILES string of the molecule is CCNC(=NCC(C)(C)N1CC(C)CC(C)C1)NCCc1ccc(S(C)(=O)=O)cc1. The van der Waals surface area contributed by atoms with Gasteiger partial charge in [0.1, 0.15) is 0 Å². The molecule has 2 unspecified atom stereocenters. The van der Waals surface area contributed by atoms with Crippen LogP contribution < -0.4 is 10.6 Å². The quantitative estimate of drug-likeness (QED) is 0.484. The Morgan fingerprint density at radius 3 is 2.27 bits per heavy atom. The number of hydrogen-bond donors (Lipinski definition) is 2. The second-order valence-corrected chi connectivity index (χ2v) is 11.5. The van der Waals surface area contributed by atoms with Gasteiger partial charge in [0.2, 0.25) is 0 Å². The van der Waals surface area contributed by atoms with Crippen LogP contribution in [-0.2, 0) is 16.3 Å². The molecule has 170 valence electrons. The highest BCUT2D eigenvalue weighted by molar-refractivity contribution is 7.90. The van der Waals surface area contributed by atoms with Crippen LogP contribution in [0.2, 0.25) is 0 Å². The lowest BCUT2D eigenvalue weighted by Crippen LogP contribution is -2.53. The largest absolute Gasteiger partial charge is 0.357 e. The standard InChI is InChI=1S/C23H40N4O2S/c1-7-24-22(25-13-12-20-8-10-21(11-9-20)30(6,28)29)26-17-23(4,5)27-15-18(2)14-19(3)16-27/h8-11,18-19H,7,12-17H2,1-6H3,(H2,24,25,26). The highest BCUT2D eigenvalue weighted by atomic mass is 32.2. The van der Waals surface area contributed by atoms with Crippen molar-refractivity contribution in [3.63, 3.8) is 0 Å². The molecule has 2 atom stereocenters. The Balaban J connectivity index is 1.92. The summed E-state index contributed by atoms with van der Waals surface area (Å²) in [5.41, 5.74) is 1.12. The van der Waals surface area contributed by atoms with Crippen molar-refractivity contribution in [3.05, 3.63) is 29.8 Å². The van der Waals surface area contributed by atoms with Crippen molar-refractivity contribution in [2.75, 3.05) is 39.0 Å². The normalized spacial score (nSPS) is 21.5. The molecule has 2 N–H and O–H groups in total. The van der Waals surface area contributed by atoms with Gasteiger partial charge < -0.3 is 10.6 Å². The highest BCUT2D eigenvalue weighted by Gasteiger charge is 2.32. The van der Waals surface area contributed by atoms with Gasteiger partial charge >= 0.3 is 0 Å². The number of rotatable bonds is 8. The molecule has 0 bridgehead atoms. The Bertz CT molecular complexity index is 793. The summed E-state index contributed by atoms with van der Waals surface area (Å²) in [6, 6.07) is 7.11. The van der Waals surface area contributed by atoms with Gasteiger partial charge in [0.15, 0.2) is 15.8 Å². The van der Waals surface area contributed by atoms with Gasteiger partial charge in [-0.1, -0.05) is 26.0 Å². The molecule has 1 fully saturated rings. The minimum absolute atomic E-state index is 0.0206. The molecule has 1 heterocycles. The van der Waals surface area contributed by atoms with Gasteiger partial charge in [-0.2, -0.15) is 0 Å². The molecule has 0 amide bonds. The lowest BCUT2D eigenvalue weighted by molar-refractivity contribution is 0.0512. The summed E-state index contributed by atoms with van der Waals surface area (Å²) in [5, 5.41) is 6.74. The van der Waals surface area contributed by atoms with Crippen LogP contribution in [0.3, 0.4) is 0 Å². The smallest absolute Gasteiger partial charge is 0.191 e. The van der Waals surface area contributed by atoms with Crippen LogP contribution in [0.4, 0.5) is 0 Å². The molecule has 0 spiro atoms. The van der Waals surface area contributed by atoms with Gasteiger partial charge in [0.25, 0.3) is 0 Å². The Morgan fingerprint density at radius 2 is 1.73 bits per heavy atom. The van der Waals surface area contributed by atoms with E-state index in [0.29, 0.717) is 4.90 Å². The summed E-state index contributed by atoms with van der Waals surface area (Å²) >= 11 is 0. The lowest BCUT2D eigenvalue weighted by atomic mass is 9.88. The highest BCUT2D eigenvalue weighted by Crippen LogP contribution is 2.27. The van der Waals surface area contributed by atoms with Crippen LogP contribution in [0.25, 0.3) is 0 Å². The molecule has 1 aliphatic heterocycles. The molecule has 1 aromatic carbocycles. The van der Waals surface area contributed by atoms with Crippen molar-refractivity contribution < 1.29 is 8.42 Å². The first-order valence-electron chi connectivity index (χ1n) is 11.1. The van der Waals surface area contributed by atoms with Crippen LogP contribution >= 0.6 is 0 Å². The van der Waals surface area contributed by atoms with Gasteiger partial charge in [0.05, 0.1) is 11.4 Å². The lowest BCUT2D eigenvalue weighted by Gasteiger charge is -2.44. The second-order valence-electron chi connectivity index (χ2n) is 9.45. The second kappa shape index (κ2) is 10.6. The third-order valence-electron chi connectivity index (χ3n) is 5.75. The van der Waals surface area contributed by atoms with Crippen LogP contribution in [0, 0.1) is 11.8 Å². The molecular weight excluding hydrogens is 396 g/mol. The fourth-order valence-corrected chi connectivity index (χ4v) is 4.73. The molecule has 0 radical (unpaired) electrons. The van der Waals surface area contributed by atoms with Crippen molar-refractivity contribution in [3.8, 4) is 0 Å². The fraction of sp³-hybridized carbons (Fsp3) is 0.696. The summed E-state index contributed by atoms with van der Waals surface area (Å²) in [4.78, 5) is 7.81.